The van der Waals surface area contributed by atoms with E-state index in [9.17, 15) is 9.59 Å². The molecule has 0 unspecified atom stereocenters. The normalized spacial score (nSPS) is 23.8. The minimum atomic E-state index is -0.285. The third-order valence-electron chi connectivity index (χ3n) is 5.30. The number of imide groups is 1. The van der Waals surface area contributed by atoms with Gasteiger partial charge in [-0.25, -0.2) is 0 Å². The molecule has 3 rings (SSSR count). The van der Waals surface area contributed by atoms with E-state index in [1.54, 1.807) is 0 Å². The number of nitrogens with zero attached hydrogens (tertiary/aromatic N) is 1. The average Bonchev–Trinajstić information content (AvgIpc) is 3.11. The lowest BCUT2D eigenvalue weighted by Gasteiger charge is -2.26. The second-order valence-corrected chi connectivity index (χ2v) is 7.54. The molecular formula is C19H27ClN4O2. The van der Waals surface area contributed by atoms with Crippen molar-refractivity contribution < 1.29 is 9.59 Å². The van der Waals surface area contributed by atoms with Gasteiger partial charge in [-0.2, -0.15) is 0 Å². The van der Waals surface area contributed by atoms with Gasteiger partial charge >= 0.3 is 0 Å². The summed E-state index contributed by atoms with van der Waals surface area (Å²) in [5, 5.41) is 6.46. The van der Waals surface area contributed by atoms with Crippen molar-refractivity contribution in [3.05, 3.63) is 34.3 Å². The maximum absolute atomic E-state index is 12.7. The van der Waals surface area contributed by atoms with E-state index in [4.69, 9.17) is 17.3 Å². The van der Waals surface area contributed by atoms with Crippen molar-refractivity contribution in [1.29, 1.82) is 0 Å². The van der Waals surface area contributed by atoms with Crippen LogP contribution < -0.4 is 16.4 Å². The van der Waals surface area contributed by atoms with E-state index in [0.29, 0.717) is 18.1 Å². The van der Waals surface area contributed by atoms with Crippen molar-refractivity contribution in [3.63, 3.8) is 0 Å². The molecule has 0 radical (unpaired) electrons. The van der Waals surface area contributed by atoms with Gasteiger partial charge in [0.05, 0.1) is 12.1 Å². The van der Waals surface area contributed by atoms with Crippen molar-refractivity contribution in [1.82, 2.24) is 15.5 Å². The van der Waals surface area contributed by atoms with Gasteiger partial charge in [0.1, 0.15) is 0 Å². The first-order chi connectivity index (χ1) is 12.6. The van der Waals surface area contributed by atoms with Crippen LogP contribution in [0.4, 0.5) is 0 Å². The number of nitrogens with one attached hydrogen (secondary N) is 2. The average molecular weight is 379 g/mol. The smallest absolute Gasteiger partial charge is 0.243 e. The Bertz CT molecular complexity index is 661. The number of nitrogens with two attached hydrogens (primary N) is 1. The van der Waals surface area contributed by atoms with Gasteiger partial charge in [0, 0.05) is 18.1 Å². The maximum atomic E-state index is 12.7. The van der Waals surface area contributed by atoms with E-state index in [1.807, 2.05) is 18.2 Å². The minimum absolute atomic E-state index is 0.198. The number of hydrogen-bond donors (Lipinski definition) is 3. The summed E-state index contributed by atoms with van der Waals surface area (Å²) in [6.45, 7) is 2.70. The number of rotatable bonds is 5. The summed E-state index contributed by atoms with van der Waals surface area (Å²) in [7, 11) is 0. The van der Waals surface area contributed by atoms with E-state index in [1.165, 1.54) is 0 Å². The van der Waals surface area contributed by atoms with E-state index in [-0.39, 0.29) is 23.9 Å². The maximum Gasteiger partial charge on any atom is 0.243 e. The lowest BCUT2D eigenvalue weighted by Crippen LogP contribution is -2.52. The Kier molecular flexibility index (Phi) is 6.64. The molecule has 0 bridgehead atoms. The molecule has 2 atom stereocenters. The first-order valence-corrected chi connectivity index (χ1v) is 9.76. The summed E-state index contributed by atoms with van der Waals surface area (Å²) < 4.78 is 0. The molecule has 142 valence electrons. The van der Waals surface area contributed by atoms with E-state index >= 15 is 0 Å². The van der Waals surface area contributed by atoms with Gasteiger partial charge in [0.25, 0.3) is 0 Å². The number of piperidine rings is 1. The Hall–Kier alpha value is -1.47. The Balaban J connectivity index is 1.63. The van der Waals surface area contributed by atoms with Crippen molar-refractivity contribution in [2.75, 3.05) is 13.1 Å². The summed E-state index contributed by atoms with van der Waals surface area (Å²) in [6, 6.07) is 5.14. The van der Waals surface area contributed by atoms with Gasteiger partial charge in [0.15, 0.2) is 0 Å². The number of carbonyl (C=O) groups excluding carboxylic acids is 2. The van der Waals surface area contributed by atoms with Gasteiger partial charge in [-0.3, -0.25) is 19.8 Å². The number of likely N-dealkylation sites (tertiary alicyclic amines) is 1. The molecule has 7 heteroatoms. The quantitative estimate of drug-likeness (QED) is 0.676. The molecule has 2 saturated heterocycles. The molecule has 6 nitrogen and oxygen atoms in total. The van der Waals surface area contributed by atoms with Crippen molar-refractivity contribution in [2.24, 2.45) is 5.73 Å². The van der Waals surface area contributed by atoms with Crippen LogP contribution in [0.25, 0.3) is 0 Å². The van der Waals surface area contributed by atoms with Crippen LogP contribution in [-0.2, 0) is 22.7 Å². The highest BCUT2D eigenvalue weighted by Crippen LogP contribution is 2.24. The fourth-order valence-electron chi connectivity index (χ4n) is 3.84. The van der Waals surface area contributed by atoms with E-state index in [0.717, 1.165) is 56.3 Å². The summed E-state index contributed by atoms with van der Waals surface area (Å²) >= 11 is 6.12. The van der Waals surface area contributed by atoms with Crippen molar-refractivity contribution >= 4 is 23.4 Å². The lowest BCUT2D eigenvalue weighted by atomic mass is 10.0. The molecule has 0 spiro atoms. The van der Waals surface area contributed by atoms with Crippen LogP contribution in [0, 0.1) is 0 Å². The van der Waals surface area contributed by atoms with Crippen LogP contribution in [0.15, 0.2) is 18.2 Å². The highest BCUT2D eigenvalue weighted by atomic mass is 35.5. The monoisotopic (exact) mass is 378 g/mol. The van der Waals surface area contributed by atoms with E-state index < -0.39 is 0 Å². The molecule has 2 amide bonds. The fourth-order valence-corrected chi connectivity index (χ4v) is 4.03. The second-order valence-electron chi connectivity index (χ2n) is 7.10. The van der Waals surface area contributed by atoms with Crippen molar-refractivity contribution in [3.8, 4) is 0 Å². The zero-order valence-electron chi connectivity index (χ0n) is 15.0. The summed E-state index contributed by atoms with van der Waals surface area (Å²) in [5.74, 6) is -0.400. The third-order valence-corrected chi connectivity index (χ3v) is 5.54. The zero-order chi connectivity index (χ0) is 18.5. The molecule has 1 aromatic carbocycles. The molecule has 4 N–H and O–H groups in total. The summed E-state index contributed by atoms with van der Waals surface area (Å²) in [4.78, 5) is 27.1. The van der Waals surface area contributed by atoms with Crippen LogP contribution in [0.5, 0.6) is 0 Å². The molecule has 2 aliphatic heterocycles. The first-order valence-electron chi connectivity index (χ1n) is 9.38. The molecular weight excluding hydrogens is 352 g/mol. The third kappa shape index (κ3) is 4.62. The second kappa shape index (κ2) is 8.95. The van der Waals surface area contributed by atoms with Crippen molar-refractivity contribution in [2.45, 2.75) is 57.3 Å². The molecule has 1 aromatic rings. The number of amides is 2. The Morgan fingerprint density at radius 2 is 2.04 bits per heavy atom. The van der Waals surface area contributed by atoms with Crippen LogP contribution in [0.1, 0.15) is 43.2 Å². The first kappa shape index (κ1) is 19.3. The Morgan fingerprint density at radius 1 is 1.19 bits per heavy atom. The molecule has 2 aliphatic rings. The van der Waals surface area contributed by atoms with Gasteiger partial charge in [-0.1, -0.05) is 24.1 Å². The standard InChI is InChI=1S/C19H27ClN4O2/c20-15-7-6-13(11-21)14(10-15)12-24-9-3-5-17(24)19(26)23-18(25)16-4-1-2-8-22-16/h6-7,10,16-17,22H,1-5,8-9,11-12,21H2,(H,23,25,26)/t16-,17+/m1/s1. The molecule has 0 aromatic heterocycles. The largest absolute Gasteiger partial charge is 0.326 e. The summed E-state index contributed by atoms with van der Waals surface area (Å²) in [6.07, 6.45) is 4.58. The minimum Gasteiger partial charge on any atom is -0.326 e. The molecule has 26 heavy (non-hydrogen) atoms. The zero-order valence-corrected chi connectivity index (χ0v) is 15.7. The highest BCUT2D eigenvalue weighted by molar-refractivity contribution is 6.30. The summed E-state index contributed by atoms with van der Waals surface area (Å²) in [5.41, 5.74) is 7.90. The highest BCUT2D eigenvalue weighted by Gasteiger charge is 2.33. The van der Waals surface area contributed by atoms with Gasteiger partial charge < -0.3 is 11.1 Å². The SMILES string of the molecule is NCc1ccc(Cl)cc1CN1CCC[C@H]1C(=O)NC(=O)[C@H]1CCCCN1. The van der Waals surface area contributed by atoms with Gasteiger partial charge in [-0.15, -0.1) is 0 Å². The van der Waals surface area contributed by atoms with Crippen LogP contribution in [-0.4, -0.2) is 41.9 Å². The number of benzene rings is 1. The molecule has 0 aliphatic carbocycles. The van der Waals surface area contributed by atoms with Crippen LogP contribution in [0.3, 0.4) is 0 Å². The topological polar surface area (TPSA) is 87.5 Å². The lowest BCUT2D eigenvalue weighted by molar-refractivity contribution is -0.134. The van der Waals surface area contributed by atoms with Gasteiger partial charge in [-0.05, 0) is 62.0 Å². The van der Waals surface area contributed by atoms with Gasteiger partial charge in [0.2, 0.25) is 11.8 Å². The fraction of sp³-hybridized carbons (Fsp3) is 0.579. The number of halogens is 1. The predicted molar refractivity (Wildman–Crippen MR) is 102 cm³/mol. The number of carbonyl (C=O) groups is 2. The van der Waals surface area contributed by atoms with E-state index in [2.05, 4.69) is 15.5 Å². The van der Waals surface area contributed by atoms with Crippen LogP contribution in [0.2, 0.25) is 5.02 Å². The number of hydrogen-bond acceptors (Lipinski definition) is 5. The predicted octanol–water partition coefficient (Wildman–Crippen LogP) is 1.55. The molecule has 2 fully saturated rings. The molecule has 0 saturated carbocycles. The van der Waals surface area contributed by atoms with Crippen LogP contribution >= 0.6 is 11.6 Å². The Labute approximate surface area is 159 Å². The molecule has 2 heterocycles. The Morgan fingerprint density at radius 3 is 2.77 bits per heavy atom.